The lowest BCUT2D eigenvalue weighted by molar-refractivity contribution is -0.162. The Morgan fingerprint density at radius 1 is 0.434 bits per heavy atom. The first-order valence-electron chi connectivity index (χ1n) is 22.7. The van der Waals surface area contributed by atoms with Gasteiger partial charge in [-0.2, -0.15) is 0 Å². The average molecular weight is 747 g/mol. The fourth-order valence-corrected chi connectivity index (χ4v) is 9.26. The van der Waals surface area contributed by atoms with Crippen molar-refractivity contribution >= 4 is 11.9 Å². The second-order valence-electron chi connectivity index (χ2n) is 17.4. The highest BCUT2D eigenvalue weighted by Gasteiger charge is 2.89. The highest BCUT2D eigenvalue weighted by Crippen LogP contribution is 2.72. The topological polar surface area (TPSA) is 115 Å². The molecule has 0 radical (unpaired) electrons. The highest BCUT2D eigenvalue weighted by molar-refractivity contribution is 5.82. The first kappa shape index (κ1) is 41.4. The van der Waals surface area contributed by atoms with Crippen LogP contribution in [0.25, 0.3) is 0 Å². The summed E-state index contributed by atoms with van der Waals surface area (Å²) in [5.74, 6) is -2.29. The Kier molecular flexibility index (Phi) is 15.4. The van der Waals surface area contributed by atoms with E-state index in [1.807, 2.05) is 0 Å². The number of hydrogen-bond acceptors (Lipinski definition) is 9. The van der Waals surface area contributed by atoms with Gasteiger partial charge < -0.3 is 33.2 Å². The molecule has 1 saturated carbocycles. The summed E-state index contributed by atoms with van der Waals surface area (Å²) in [5.41, 5.74) is 0. The van der Waals surface area contributed by atoms with E-state index in [9.17, 15) is 9.59 Å². The Hall–Kier alpha value is -1.26. The van der Waals surface area contributed by atoms with Gasteiger partial charge in [-0.25, -0.2) is 0 Å². The Bertz CT molecular complexity index is 1040. The van der Waals surface area contributed by atoms with Gasteiger partial charge in [-0.3, -0.25) is 9.59 Å². The number of rotatable bonds is 34. The maximum absolute atomic E-state index is 13.1. The molecule has 0 amide bonds. The van der Waals surface area contributed by atoms with E-state index in [-0.39, 0.29) is 47.3 Å². The minimum Gasteiger partial charge on any atom is -0.465 e. The molecule has 6 rings (SSSR count). The molecular weight excluding hydrogens is 672 g/mol. The van der Waals surface area contributed by atoms with Crippen molar-refractivity contribution in [3.8, 4) is 0 Å². The zero-order valence-electron chi connectivity index (χ0n) is 33.6. The molecule has 0 spiro atoms. The summed E-state index contributed by atoms with van der Waals surface area (Å²) in [6, 6.07) is 0. The molecule has 4 unspecified atom stereocenters. The third-order valence-corrected chi connectivity index (χ3v) is 13.1. The summed E-state index contributed by atoms with van der Waals surface area (Å²) < 4.78 is 40.8. The first-order valence-corrected chi connectivity index (χ1v) is 22.7. The number of esters is 2. The van der Waals surface area contributed by atoms with Crippen LogP contribution >= 0.6 is 0 Å². The van der Waals surface area contributed by atoms with Crippen molar-refractivity contribution in [3.05, 3.63) is 0 Å². The van der Waals surface area contributed by atoms with E-state index in [4.69, 9.17) is 33.2 Å². The van der Waals surface area contributed by atoms with Crippen LogP contribution in [0.15, 0.2) is 0 Å². The van der Waals surface area contributed by atoms with Gasteiger partial charge in [-0.05, 0) is 51.4 Å². The molecule has 0 N–H and O–H groups in total. The van der Waals surface area contributed by atoms with Crippen molar-refractivity contribution in [1.29, 1.82) is 0 Å². The second-order valence-corrected chi connectivity index (χ2v) is 17.4. The zero-order valence-corrected chi connectivity index (χ0v) is 33.6. The van der Waals surface area contributed by atoms with E-state index in [1.165, 1.54) is 103 Å². The Morgan fingerprint density at radius 2 is 0.717 bits per heavy atom. The van der Waals surface area contributed by atoms with Crippen molar-refractivity contribution < 1.29 is 42.7 Å². The largest absolute Gasteiger partial charge is 0.465 e. The SMILES string of the molecule is CCCCCCCCC12OC1(CCCCCCCCOC(=O)C1CC3OC3CC1C(=O)OCCCCCCCCC13OC1(CCCCCCCC)O3)O2. The van der Waals surface area contributed by atoms with Crippen molar-refractivity contribution in [1.82, 2.24) is 0 Å². The smallest absolute Gasteiger partial charge is 0.309 e. The predicted molar refractivity (Wildman–Crippen MR) is 203 cm³/mol. The fourth-order valence-electron chi connectivity index (χ4n) is 9.26. The van der Waals surface area contributed by atoms with Crippen LogP contribution in [-0.2, 0) is 42.7 Å². The molecule has 5 heterocycles. The van der Waals surface area contributed by atoms with Gasteiger partial charge in [-0.1, -0.05) is 129 Å². The number of hydrogen-bond donors (Lipinski definition) is 0. The zero-order chi connectivity index (χ0) is 37.0. The van der Waals surface area contributed by atoms with E-state index >= 15 is 0 Å². The predicted octanol–water partition coefficient (Wildman–Crippen LogP) is 10.7. The Labute approximate surface area is 321 Å². The summed E-state index contributed by atoms with van der Waals surface area (Å²) in [5, 5.41) is 0. The number of fused-ring (bicyclic) bond motifs is 3. The standard InChI is InChI=1S/C44H74O9/c1-3-5-7-9-15-21-27-41-43(50-41,51-41)29-23-17-11-13-19-25-31-47-39(45)35-33-37-38(49-37)34-36(35)40(46)48-32-26-20-14-12-18-24-30-44-42(52-44,53-44)28-22-16-10-8-6-4-2/h35-38H,3-34H2,1-2H3. The van der Waals surface area contributed by atoms with Crippen LogP contribution in [0, 0.1) is 11.8 Å². The number of epoxide rings is 5. The number of carbonyl (C=O) groups excluding carboxylic acids is 2. The Morgan fingerprint density at radius 3 is 1.04 bits per heavy atom. The molecule has 1 aliphatic carbocycles. The van der Waals surface area contributed by atoms with Crippen LogP contribution < -0.4 is 0 Å². The van der Waals surface area contributed by atoms with E-state index in [1.54, 1.807) is 0 Å². The molecular formula is C44H74O9. The van der Waals surface area contributed by atoms with E-state index in [0.717, 1.165) is 77.0 Å². The molecule has 53 heavy (non-hydrogen) atoms. The van der Waals surface area contributed by atoms with Crippen LogP contribution in [0.1, 0.15) is 206 Å². The second kappa shape index (κ2) is 19.7. The molecule has 9 nitrogen and oxygen atoms in total. The molecule has 0 aromatic carbocycles. The van der Waals surface area contributed by atoms with E-state index < -0.39 is 11.8 Å². The lowest BCUT2D eigenvalue weighted by atomic mass is 9.79. The van der Waals surface area contributed by atoms with Gasteiger partial charge in [0.25, 0.3) is 0 Å². The number of carbonyl (C=O) groups is 2. The summed E-state index contributed by atoms with van der Waals surface area (Å²) in [4.78, 5) is 26.1. The highest BCUT2D eigenvalue weighted by atomic mass is 17.1. The molecule has 6 aliphatic rings. The molecule has 5 saturated heterocycles. The molecule has 304 valence electrons. The van der Waals surface area contributed by atoms with Gasteiger partial charge in [0.2, 0.25) is 23.1 Å². The normalized spacial score (nSPS) is 33.8. The van der Waals surface area contributed by atoms with Crippen molar-refractivity contribution in [2.75, 3.05) is 13.2 Å². The Balaban J connectivity index is 0.722. The van der Waals surface area contributed by atoms with Gasteiger partial charge in [0.15, 0.2) is 0 Å². The average Bonchev–Trinajstić information content (AvgIpc) is 3.99. The molecule has 9 heteroatoms. The maximum atomic E-state index is 13.1. The van der Waals surface area contributed by atoms with Crippen LogP contribution in [0.5, 0.6) is 0 Å². The summed E-state index contributed by atoms with van der Waals surface area (Å²) in [7, 11) is 0. The van der Waals surface area contributed by atoms with Gasteiger partial charge in [-0.15, -0.1) is 0 Å². The van der Waals surface area contributed by atoms with Crippen LogP contribution in [-0.4, -0.2) is 60.5 Å². The van der Waals surface area contributed by atoms with E-state index in [0.29, 0.717) is 26.1 Å². The van der Waals surface area contributed by atoms with Crippen molar-refractivity contribution in [2.24, 2.45) is 11.8 Å². The molecule has 5 aliphatic heterocycles. The minimum absolute atomic E-state index is 0.0909. The molecule has 4 atom stereocenters. The maximum Gasteiger partial charge on any atom is 0.309 e. The molecule has 0 aromatic heterocycles. The van der Waals surface area contributed by atoms with Crippen molar-refractivity contribution in [3.63, 3.8) is 0 Å². The quantitative estimate of drug-likeness (QED) is 0.0360. The lowest BCUT2D eigenvalue weighted by Crippen LogP contribution is -2.37. The van der Waals surface area contributed by atoms with Crippen molar-refractivity contribution in [2.45, 2.75) is 242 Å². The monoisotopic (exact) mass is 747 g/mol. The van der Waals surface area contributed by atoms with Gasteiger partial charge in [0.05, 0.1) is 37.3 Å². The minimum atomic E-state index is -0.456. The summed E-state index contributed by atoms with van der Waals surface area (Å²) in [6.45, 7) is 5.34. The number of ether oxygens (including phenoxy) is 7. The van der Waals surface area contributed by atoms with Gasteiger partial charge in [0.1, 0.15) is 0 Å². The van der Waals surface area contributed by atoms with Gasteiger partial charge in [0, 0.05) is 25.7 Å². The summed E-state index contributed by atoms with van der Waals surface area (Å²) >= 11 is 0. The van der Waals surface area contributed by atoms with Crippen LogP contribution in [0.2, 0.25) is 0 Å². The molecule has 0 bridgehead atoms. The third kappa shape index (κ3) is 11.4. The van der Waals surface area contributed by atoms with Crippen LogP contribution in [0.3, 0.4) is 0 Å². The van der Waals surface area contributed by atoms with Crippen LogP contribution in [0.4, 0.5) is 0 Å². The van der Waals surface area contributed by atoms with E-state index in [2.05, 4.69) is 13.8 Å². The van der Waals surface area contributed by atoms with Gasteiger partial charge >= 0.3 is 11.9 Å². The first-order chi connectivity index (χ1) is 25.9. The molecule has 0 aromatic rings. The number of unbranched alkanes of at least 4 members (excludes halogenated alkanes) is 20. The fraction of sp³-hybridized carbons (Fsp3) is 0.955. The lowest BCUT2D eigenvalue weighted by Gasteiger charge is -2.26. The third-order valence-electron chi connectivity index (χ3n) is 13.1. The summed E-state index contributed by atoms with van der Waals surface area (Å²) in [6.07, 6.45) is 34.2. The molecule has 6 fully saturated rings.